The number of benzene rings is 1. The first-order valence-electron chi connectivity index (χ1n) is 8.01. The van der Waals surface area contributed by atoms with Gasteiger partial charge in [-0.15, -0.1) is 0 Å². The number of aromatic amines is 1. The first-order chi connectivity index (χ1) is 10.8. The van der Waals surface area contributed by atoms with Crippen LogP contribution in [0, 0.1) is 6.92 Å². The molecule has 3 rings (SSSR count). The summed E-state index contributed by atoms with van der Waals surface area (Å²) >= 11 is 0. The van der Waals surface area contributed by atoms with E-state index in [-0.39, 0.29) is 24.0 Å². The molecule has 0 spiro atoms. The van der Waals surface area contributed by atoms with Crippen LogP contribution < -0.4 is 28.5 Å². The zero-order valence-corrected chi connectivity index (χ0v) is 15.9. The maximum atomic E-state index is 3.28. The maximum absolute atomic E-state index is 3.28. The van der Waals surface area contributed by atoms with E-state index in [4.69, 9.17) is 0 Å². The number of hydrogen-bond acceptors (Lipinski definition) is 0. The Bertz CT molecular complexity index is 785. The van der Waals surface area contributed by atoms with Gasteiger partial charge in [0.2, 0.25) is 0 Å². The fourth-order valence-corrected chi connectivity index (χ4v) is 2.64. The Morgan fingerprint density at radius 2 is 1.78 bits per heavy atom. The summed E-state index contributed by atoms with van der Waals surface area (Å²) in [6, 6.07) is 10.9. The van der Waals surface area contributed by atoms with Crippen LogP contribution in [0.4, 0.5) is 0 Å². The Hall–Kier alpha value is -1.62. The highest BCUT2D eigenvalue weighted by atomic mass is 127. The molecule has 0 saturated carbocycles. The highest BCUT2D eigenvalue weighted by molar-refractivity contribution is 5.86. The average molecular weight is 418 g/mol. The predicted octanol–water partition coefficient (Wildman–Crippen LogP) is 1.74. The van der Waals surface area contributed by atoms with Gasteiger partial charge >= 0.3 is 0 Å². The van der Waals surface area contributed by atoms with Gasteiger partial charge in [0.15, 0.2) is 12.4 Å². The van der Waals surface area contributed by atoms with E-state index >= 15 is 0 Å². The van der Waals surface area contributed by atoms with Crippen LogP contribution in [-0.4, -0.2) is 4.98 Å². The van der Waals surface area contributed by atoms with E-state index in [1.54, 1.807) is 0 Å². The number of hydrogen-bond donors (Lipinski definition) is 1. The molecule has 0 saturated heterocycles. The number of fused-ring (bicyclic) bond motifs is 1. The van der Waals surface area contributed by atoms with E-state index < -0.39 is 0 Å². The topological polar surface area (TPSA) is 19.7 Å². The van der Waals surface area contributed by atoms with Crippen molar-refractivity contribution in [3.05, 3.63) is 65.6 Å². The largest absolute Gasteiger partial charge is 1.00 e. The van der Waals surface area contributed by atoms with Crippen molar-refractivity contribution >= 4 is 23.1 Å². The second-order valence-corrected chi connectivity index (χ2v) is 5.83. The summed E-state index contributed by atoms with van der Waals surface area (Å²) in [5, 5.41) is 1.30. The van der Waals surface area contributed by atoms with Crippen molar-refractivity contribution in [2.75, 3.05) is 0 Å². The molecule has 2 heterocycles. The molecule has 2 aromatic heterocycles. The highest BCUT2D eigenvalue weighted by Crippen LogP contribution is 2.20. The molecule has 120 valence electrons. The summed E-state index contributed by atoms with van der Waals surface area (Å²) in [7, 11) is 0. The molecular formula is C20H23IN2. The molecule has 3 aromatic rings. The molecule has 0 aliphatic carbocycles. The number of aromatic nitrogens is 2. The molecule has 0 radical (unpaired) electrons. The van der Waals surface area contributed by atoms with Gasteiger partial charge in [0, 0.05) is 35.7 Å². The zero-order valence-electron chi connectivity index (χ0n) is 13.7. The van der Waals surface area contributed by atoms with Gasteiger partial charge in [-0.05, 0) is 35.7 Å². The SMILES string of the molecule is CCCC[n+]1ccc(/C=C/c2ccc3[nH]cc(C)c3c2)cc1.[I-]. The summed E-state index contributed by atoms with van der Waals surface area (Å²) in [6.07, 6.45) is 13.2. The molecule has 0 aliphatic heterocycles. The van der Waals surface area contributed by atoms with Gasteiger partial charge in [-0.25, -0.2) is 4.57 Å². The Labute approximate surface area is 155 Å². The lowest BCUT2D eigenvalue weighted by Gasteiger charge is -1.98. The van der Waals surface area contributed by atoms with E-state index in [0.29, 0.717) is 0 Å². The maximum Gasteiger partial charge on any atom is 0.169 e. The molecular weight excluding hydrogens is 395 g/mol. The minimum atomic E-state index is 0. The van der Waals surface area contributed by atoms with Crippen LogP contribution in [0.15, 0.2) is 48.9 Å². The Balaban J connectivity index is 0.00000192. The Morgan fingerprint density at radius 3 is 2.52 bits per heavy atom. The molecule has 1 N–H and O–H groups in total. The molecule has 0 aliphatic rings. The molecule has 0 unspecified atom stereocenters. The lowest BCUT2D eigenvalue weighted by Crippen LogP contribution is -3.00. The number of nitrogens with one attached hydrogen (secondary N) is 1. The monoisotopic (exact) mass is 418 g/mol. The van der Waals surface area contributed by atoms with Crippen LogP contribution in [0.2, 0.25) is 0 Å². The summed E-state index contributed by atoms with van der Waals surface area (Å²) in [4.78, 5) is 3.28. The third-order valence-electron chi connectivity index (χ3n) is 4.07. The number of halogens is 1. The minimum absolute atomic E-state index is 0. The van der Waals surface area contributed by atoms with Crippen LogP contribution in [0.3, 0.4) is 0 Å². The van der Waals surface area contributed by atoms with Crippen LogP contribution in [0.1, 0.15) is 36.5 Å². The predicted molar refractivity (Wildman–Crippen MR) is 93.5 cm³/mol. The fraction of sp³-hybridized carbons (Fsp3) is 0.250. The van der Waals surface area contributed by atoms with Crippen molar-refractivity contribution in [2.24, 2.45) is 0 Å². The molecule has 0 amide bonds. The van der Waals surface area contributed by atoms with Gasteiger partial charge in [0.05, 0.1) is 0 Å². The smallest absolute Gasteiger partial charge is 0.169 e. The van der Waals surface area contributed by atoms with Crippen LogP contribution >= 0.6 is 0 Å². The molecule has 23 heavy (non-hydrogen) atoms. The number of unbranched alkanes of at least 4 members (excludes halogenated alkanes) is 1. The van der Waals surface area contributed by atoms with E-state index in [1.807, 2.05) is 0 Å². The molecule has 0 atom stereocenters. The molecule has 3 heteroatoms. The summed E-state index contributed by atoms with van der Waals surface area (Å²) in [6.45, 7) is 5.46. The molecule has 0 fully saturated rings. The van der Waals surface area contributed by atoms with E-state index in [0.717, 1.165) is 6.54 Å². The normalized spacial score (nSPS) is 11.0. The average Bonchev–Trinajstić information content (AvgIpc) is 2.93. The lowest BCUT2D eigenvalue weighted by atomic mass is 10.1. The minimum Gasteiger partial charge on any atom is -1.00 e. The van der Waals surface area contributed by atoms with E-state index in [1.165, 1.54) is 40.4 Å². The number of nitrogens with zero attached hydrogens (tertiary/aromatic N) is 1. The van der Waals surface area contributed by atoms with Gasteiger partial charge in [0.1, 0.15) is 6.54 Å². The summed E-state index contributed by atoms with van der Waals surface area (Å²) in [5.74, 6) is 0. The zero-order chi connectivity index (χ0) is 15.4. The Kier molecular flexibility index (Phi) is 6.39. The van der Waals surface area contributed by atoms with Gasteiger partial charge in [-0.2, -0.15) is 0 Å². The van der Waals surface area contributed by atoms with Crippen molar-refractivity contribution < 1.29 is 28.5 Å². The number of H-pyrrole nitrogens is 1. The number of pyridine rings is 1. The van der Waals surface area contributed by atoms with Crippen molar-refractivity contribution in [2.45, 2.75) is 33.2 Å². The first kappa shape index (κ1) is 17.7. The lowest BCUT2D eigenvalue weighted by molar-refractivity contribution is -0.697. The van der Waals surface area contributed by atoms with Crippen LogP contribution in [-0.2, 0) is 6.54 Å². The summed E-state index contributed by atoms with van der Waals surface area (Å²) < 4.78 is 2.25. The Morgan fingerprint density at radius 1 is 1.04 bits per heavy atom. The van der Waals surface area contributed by atoms with Crippen molar-refractivity contribution in [3.8, 4) is 0 Å². The number of aryl methyl sites for hydroxylation is 2. The third kappa shape index (κ3) is 4.44. The molecule has 2 nitrogen and oxygen atoms in total. The highest BCUT2D eigenvalue weighted by Gasteiger charge is 2.00. The quantitative estimate of drug-likeness (QED) is 0.481. The van der Waals surface area contributed by atoms with Crippen molar-refractivity contribution in [1.82, 2.24) is 4.98 Å². The van der Waals surface area contributed by atoms with Crippen molar-refractivity contribution in [3.63, 3.8) is 0 Å². The second-order valence-electron chi connectivity index (χ2n) is 5.83. The van der Waals surface area contributed by atoms with Gasteiger partial charge < -0.3 is 29.0 Å². The molecule has 1 aromatic carbocycles. The molecule has 0 bridgehead atoms. The summed E-state index contributed by atoms with van der Waals surface area (Å²) in [5.41, 5.74) is 4.96. The third-order valence-corrected chi connectivity index (χ3v) is 4.07. The van der Waals surface area contributed by atoms with Crippen molar-refractivity contribution in [1.29, 1.82) is 0 Å². The van der Waals surface area contributed by atoms with Gasteiger partial charge in [-0.3, -0.25) is 0 Å². The van der Waals surface area contributed by atoms with Gasteiger partial charge in [0.25, 0.3) is 0 Å². The van der Waals surface area contributed by atoms with Crippen LogP contribution in [0.5, 0.6) is 0 Å². The standard InChI is InChI=1S/C20H22N2.HI/c1-3-4-11-22-12-9-17(10-13-22)5-6-18-7-8-20-19(14-18)16(2)15-21-20;/h5-10,12-15H,3-4,11H2,1-2H3;1H. The number of rotatable bonds is 5. The van der Waals surface area contributed by atoms with Gasteiger partial charge in [-0.1, -0.05) is 31.6 Å². The van der Waals surface area contributed by atoms with E-state index in [2.05, 4.69) is 84.5 Å². The van der Waals surface area contributed by atoms with Crippen LogP contribution in [0.25, 0.3) is 23.1 Å². The van der Waals surface area contributed by atoms with E-state index in [9.17, 15) is 0 Å². The first-order valence-corrected chi connectivity index (χ1v) is 8.01. The second kappa shape index (κ2) is 8.29. The fourth-order valence-electron chi connectivity index (χ4n) is 2.64.